The monoisotopic (exact) mass is 623 g/mol. The number of hydrogen-bond acceptors (Lipinski definition) is 8. The molecule has 0 amide bonds. The first-order valence-corrected chi connectivity index (χ1v) is 15.7. The average Bonchev–Trinajstić information content (AvgIpc) is 3.43. The quantitative estimate of drug-likeness (QED) is 0.0868. The number of ether oxygens (including phenoxy) is 1. The van der Waals surface area contributed by atoms with Crippen molar-refractivity contribution >= 4 is 28.3 Å². The molecule has 0 bridgehead atoms. The Morgan fingerprint density at radius 2 is 1.80 bits per heavy atom. The summed E-state index contributed by atoms with van der Waals surface area (Å²) in [5.74, 6) is 5.99. The second-order valence-corrected chi connectivity index (χ2v) is 12.3. The summed E-state index contributed by atoms with van der Waals surface area (Å²) in [6.07, 6.45) is 3.63. The minimum absolute atomic E-state index is 0.170. The predicted molar refractivity (Wildman–Crippen MR) is 181 cm³/mol. The minimum atomic E-state index is -0.540. The zero-order chi connectivity index (χ0) is 32.6. The van der Waals surface area contributed by atoms with Crippen LogP contribution in [0, 0.1) is 29.0 Å². The molecule has 1 aromatic heterocycles. The van der Waals surface area contributed by atoms with E-state index in [1.165, 1.54) is 12.1 Å². The highest BCUT2D eigenvalue weighted by Crippen LogP contribution is 2.29. The van der Waals surface area contributed by atoms with Gasteiger partial charge in [-0.1, -0.05) is 38.1 Å². The van der Waals surface area contributed by atoms with Crippen LogP contribution in [0.4, 0.5) is 10.1 Å². The SMILES string of the molecule is CC(C)COC(=O)c1[nH]c2ccc(F)cc2c1/C(N)=C/N(N)CC1CCN(CCNc2ccc(-c3ccc(C#N)cc3)cc2)CC1. The van der Waals surface area contributed by atoms with Crippen LogP contribution < -0.4 is 16.9 Å². The fourth-order valence-corrected chi connectivity index (χ4v) is 5.79. The van der Waals surface area contributed by atoms with Gasteiger partial charge in [-0.25, -0.2) is 15.0 Å². The van der Waals surface area contributed by atoms with Crippen molar-refractivity contribution in [3.05, 3.63) is 95.6 Å². The summed E-state index contributed by atoms with van der Waals surface area (Å²) in [5.41, 5.74) is 11.9. The van der Waals surface area contributed by atoms with E-state index in [4.69, 9.17) is 21.6 Å². The number of anilines is 1. The Labute approximate surface area is 269 Å². The number of nitrogens with one attached hydrogen (secondary N) is 2. The van der Waals surface area contributed by atoms with E-state index in [2.05, 4.69) is 45.5 Å². The molecular formula is C36H42FN7O2. The molecule has 1 saturated heterocycles. The van der Waals surface area contributed by atoms with E-state index in [9.17, 15) is 9.18 Å². The third kappa shape index (κ3) is 8.24. The van der Waals surface area contributed by atoms with Crippen LogP contribution in [-0.4, -0.2) is 60.2 Å². The number of nitrogens with two attached hydrogens (primary N) is 2. The second-order valence-electron chi connectivity index (χ2n) is 12.3. The van der Waals surface area contributed by atoms with Crippen molar-refractivity contribution in [1.82, 2.24) is 14.9 Å². The highest BCUT2D eigenvalue weighted by Gasteiger charge is 2.23. The number of carbonyl (C=O) groups excluding carboxylic acids is 1. The van der Waals surface area contributed by atoms with E-state index in [1.54, 1.807) is 17.3 Å². The number of hydrogen-bond donors (Lipinski definition) is 4. The van der Waals surface area contributed by atoms with Crippen LogP contribution in [0.3, 0.4) is 0 Å². The van der Waals surface area contributed by atoms with Crippen molar-refractivity contribution in [3.8, 4) is 17.2 Å². The zero-order valence-electron chi connectivity index (χ0n) is 26.4. The molecule has 0 unspecified atom stereocenters. The van der Waals surface area contributed by atoms with Gasteiger partial charge in [-0.15, -0.1) is 0 Å². The number of esters is 1. The van der Waals surface area contributed by atoms with Gasteiger partial charge in [0.05, 0.1) is 23.9 Å². The lowest BCUT2D eigenvalue weighted by Gasteiger charge is -2.33. The van der Waals surface area contributed by atoms with Gasteiger partial charge < -0.3 is 30.7 Å². The molecule has 240 valence electrons. The lowest BCUT2D eigenvalue weighted by atomic mass is 9.96. The van der Waals surface area contributed by atoms with Crippen LogP contribution in [-0.2, 0) is 4.74 Å². The standard InChI is InChI=1S/C36H42FN7O2/c1-24(2)23-46-36(45)35-34(31-19-29(37)9-12-33(31)42-35)32(39)22-44(40)21-26-13-16-43(17-14-26)18-15-41-30-10-7-28(8-11-30)27-5-3-25(20-38)4-6-27/h3-12,19,22,24,26,41-42H,13-18,21,23,39-40H2,1-2H3/b32-22-. The molecular weight excluding hydrogens is 581 g/mol. The number of H-pyrrole nitrogens is 1. The Hall–Kier alpha value is -4.85. The predicted octanol–water partition coefficient (Wildman–Crippen LogP) is 5.92. The fraction of sp³-hybridized carbons (Fsp3) is 0.333. The van der Waals surface area contributed by atoms with E-state index in [-0.39, 0.29) is 23.9 Å². The highest BCUT2D eigenvalue weighted by atomic mass is 19.1. The number of nitriles is 1. The van der Waals surface area contributed by atoms with Gasteiger partial charge in [-0.2, -0.15) is 5.26 Å². The summed E-state index contributed by atoms with van der Waals surface area (Å²) in [5, 5.41) is 14.6. The number of carbonyl (C=O) groups is 1. The number of halogens is 1. The topological polar surface area (TPSA) is 136 Å². The van der Waals surface area contributed by atoms with E-state index in [0.717, 1.165) is 55.8 Å². The summed E-state index contributed by atoms with van der Waals surface area (Å²) in [6, 6.07) is 22.4. The van der Waals surface area contributed by atoms with Crippen LogP contribution in [0.25, 0.3) is 27.7 Å². The van der Waals surface area contributed by atoms with Crippen molar-refractivity contribution in [2.24, 2.45) is 23.4 Å². The Morgan fingerprint density at radius 1 is 1.13 bits per heavy atom. The minimum Gasteiger partial charge on any atom is -0.461 e. The molecule has 3 aromatic carbocycles. The molecule has 6 N–H and O–H groups in total. The van der Waals surface area contributed by atoms with Gasteiger partial charge in [-0.05, 0) is 91.4 Å². The molecule has 10 heteroatoms. The summed E-state index contributed by atoms with van der Waals surface area (Å²) in [4.78, 5) is 18.4. The first kappa shape index (κ1) is 32.5. The van der Waals surface area contributed by atoms with E-state index >= 15 is 0 Å². The Bertz CT molecular complexity index is 1700. The van der Waals surface area contributed by atoms with Crippen LogP contribution >= 0.6 is 0 Å². The lowest BCUT2D eigenvalue weighted by molar-refractivity contribution is 0.0452. The Kier molecular flexibility index (Phi) is 10.6. The van der Waals surface area contributed by atoms with Gasteiger partial charge in [0.15, 0.2) is 0 Å². The normalized spacial score (nSPS) is 14.4. The largest absolute Gasteiger partial charge is 0.461 e. The zero-order valence-corrected chi connectivity index (χ0v) is 26.4. The van der Waals surface area contributed by atoms with Gasteiger partial charge in [0.25, 0.3) is 0 Å². The molecule has 5 rings (SSSR count). The summed E-state index contributed by atoms with van der Waals surface area (Å²) in [6.45, 7) is 8.52. The van der Waals surface area contributed by atoms with E-state index < -0.39 is 11.8 Å². The summed E-state index contributed by atoms with van der Waals surface area (Å²) >= 11 is 0. The molecule has 46 heavy (non-hydrogen) atoms. The lowest BCUT2D eigenvalue weighted by Crippen LogP contribution is -2.41. The van der Waals surface area contributed by atoms with Crippen molar-refractivity contribution in [2.45, 2.75) is 26.7 Å². The molecule has 0 aliphatic carbocycles. The van der Waals surface area contributed by atoms with Crippen LogP contribution in [0.2, 0.25) is 0 Å². The first-order valence-electron chi connectivity index (χ1n) is 15.7. The average molecular weight is 624 g/mol. The number of hydrazine groups is 1. The number of benzene rings is 3. The Morgan fingerprint density at radius 3 is 2.46 bits per heavy atom. The van der Waals surface area contributed by atoms with Gasteiger partial charge >= 0.3 is 5.97 Å². The molecule has 9 nitrogen and oxygen atoms in total. The number of rotatable bonds is 12. The Balaban J connectivity index is 1.11. The maximum absolute atomic E-state index is 14.2. The third-order valence-corrected chi connectivity index (χ3v) is 8.27. The van der Waals surface area contributed by atoms with Crippen molar-refractivity contribution in [3.63, 3.8) is 0 Å². The molecule has 0 saturated carbocycles. The smallest absolute Gasteiger partial charge is 0.355 e. The van der Waals surface area contributed by atoms with Crippen molar-refractivity contribution in [1.29, 1.82) is 5.26 Å². The van der Waals surface area contributed by atoms with Crippen LogP contribution in [0.5, 0.6) is 0 Å². The van der Waals surface area contributed by atoms with E-state index in [1.807, 2.05) is 38.1 Å². The first-order chi connectivity index (χ1) is 22.2. The molecule has 1 aliphatic rings. The van der Waals surface area contributed by atoms with E-state index in [0.29, 0.717) is 34.5 Å². The summed E-state index contributed by atoms with van der Waals surface area (Å²) in [7, 11) is 0. The third-order valence-electron chi connectivity index (χ3n) is 8.27. The molecule has 1 fully saturated rings. The van der Waals surface area contributed by atoms with Crippen molar-refractivity contribution < 1.29 is 13.9 Å². The number of likely N-dealkylation sites (tertiary alicyclic amines) is 1. The maximum atomic E-state index is 14.2. The van der Waals surface area contributed by atoms with Crippen LogP contribution in [0.1, 0.15) is 48.3 Å². The highest BCUT2D eigenvalue weighted by molar-refractivity contribution is 6.04. The maximum Gasteiger partial charge on any atom is 0.355 e. The van der Waals surface area contributed by atoms with Gasteiger partial charge in [0.2, 0.25) is 0 Å². The second kappa shape index (κ2) is 15.0. The molecule has 0 radical (unpaired) electrons. The molecule has 1 aliphatic heterocycles. The van der Waals surface area contributed by atoms with Gasteiger partial charge in [-0.3, -0.25) is 0 Å². The summed E-state index contributed by atoms with van der Waals surface area (Å²) < 4.78 is 19.6. The number of fused-ring (bicyclic) bond motifs is 1. The van der Waals surface area contributed by atoms with Gasteiger partial charge in [0.1, 0.15) is 11.5 Å². The number of nitrogens with zero attached hydrogens (tertiary/aromatic N) is 3. The number of aromatic amines is 1. The van der Waals surface area contributed by atoms with Gasteiger partial charge in [0, 0.05) is 48.0 Å². The molecule has 2 heterocycles. The number of aromatic nitrogens is 1. The van der Waals surface area contributed by atoms with Crippen molar-refractivity contribution in [2.75, 3.05) is 44.6 Å². The fourth-order valence-electron chi connectivity index (χ4n) is 5.79. The molecule has 0 spiro atoms. The number of piperidine rings is 1. The molecule has 4 aromatic rings. The molecule has 0 atom stereocenters. The van der Waals surface area contributed by atoms with Crippen LogP contribution in [0.15, 0.2) is 72.9 Å².